The minimum atomic E-state index is -0.928. The Morgan fingerprint density at radius 3 is 2.87 bits per heavy atom. The molecule has 7 nitrogen and oxygen atoms in total. The topological polar surface area (TPSA) is 88.8 Å². The average molecular weight is 412 g/mol. The molecular weight excluding hydrogens is 384 g/mol. The second kappa shape index (κ2) is 6.80. The highest BCUT2D eigenvalue weighted by Gasteiger charge is 2.74. The Bertz CT molecular complexity index is 907. The first-order valence-corrected chi connectivity index (χ1v) is 10.9. The molecule has 4 aliphatic heterocycles. The molecule has 3 fully saturated rings. The standard InChI is InChI=1S/C23H28N2O5/c1-12(2)7-9-24-21(27)18-17-6-8-23(30-17)19(18)22(28)25-14(16-5-4-10-29-16)11-15(26)13(3)20(23)25/h4-6,8,10,12-14,17-20H,7,9,11H2,1-3H3,(H,24,27)/t13-,14+,17+,18-,19+,20+,23-/m0/s1. The van der Waals surface area contributed by atoms with Crippen LogP contribution in [0, 0.1) is 23.7 Å². The molecule has 3 saturated heterocycles. The maximum atomic E-state index is 13.7. The molecule has 0 saturated carbocycles. The number of Topliss-reactive ketones (excluding diaryl/α,β-unsaturated/α-hetero) is 1. The number of hydrogen-bond donors (Lipinski definition) is 1. The lowest BCUT2D eigenvalue weighted by Gasteiger charge is -2.43. The third-order valence-corrected chi connectivity index (χ3v) is 7.28. The molecule has 5 heterocycles. The van der Waals surface area contributed by atoms with Crippen molar-refractivity contribution in [1.29, 1.82) is 0 Å². The Morgan fingerprint density at radius 1 is 1.37 bits per heavy atom. The molecular formula is C23H28N2O5. The number of nitrogens with one attached hydrogen (secondary N) is 1. The van der Waals surface area contributed by atoms with Gasteiger partial charge in [0.15, 0.2) is 0 Å². The fourth-order valence-corrected chi connectivity index (χ4v) is 5.86. The summed E-state index contributed by atoms with van der Waals surface area (Å²) >= 11 is 0. The number of fused-ring (bicyclic) bond motifs is 2. The van der Waals surface area contributed by atoms with Gasteiger partial charge >= 0.3 is 0 Å². The van der Waals surface area contributed by atoms with Gasteiger partial charge in [-0.25, -0.2) is 0 Å². The largest absolute Gasteiger partial charge is 0.467 e. The minimum Gasteiger partial charge on any atom is -0.467 e. The summed E-state index contributed by atoms with van der Waals surface area (Å²) in [7, 11) is 0. The van der Waals surface area contributed by atoms with Crippen LogP contribution in [0.15, 0.2) is 35.0 Å². The monoisotopic (exact) mass is 412 g/mol. The number of nitrogens with zero attached hydrogens (tertiary/aromatic N) is 1. The molecule has 0 radical (unpaired) electrons. The lowest BCUT2D eigenvalue weighted by Crippen LogP contribution is -2.55. The van der Waals surface area contributed by atoms with Crippen LogP contribution in [-0.4, -0.2) is 46.8 Å². The van der Waals surface area contributed by atoms with E-state index in [9.17, 15) is 14.4 Å². The molecule has 7 atom stereocenters. The SMILES string of the molecule is CC(C)CCNC(=O)[C@H]1[C@H]2C=C[C@]3(O2)[C@H]1C(=O)N1[C@@H](c2ccco2)CC(=O)[C@H](C)[C@@H]13. The van der Waals surface area contributed by atoms with E-state index in [0.29, 0.717) is 18.2 Å². The first-order valence-electron chi connectivity index (χ1n) is 10.9. The first kappa shape index (κ1) is 19.5. The molecule has 2 bridgehead atoms. The quantitative estimate of drug-likeness (QED) is 0.750. The smallest absolute Gasteiger partial charge is 0.230 e. The van der Waals surface area contributed by atoms with Gasteiger partial charge in [0.05, 0.1) is 36.3 Å². The molecule has 4 aliphatic rings. The van der Waals surface area contributed by atoms with Crippen molar-refractivity contribution in [1.82, 2.24) is 10.2 Å². The lowest BCUT2D eigenvalue weighted by atomic mass is 9.70. The van der Waals surface area contributed by atoms with Crippen LogP contribution in [0.2, 0.25) is 0 Å². The fraction of sp³-hybridized carbons (Fsp3) is 0.609. The number of piperidine rings is 1. The summed E-state index contributed by atoms with van der Waals surface area (Å²) in [5.74, 6) is -0.628. The molecule has 0 unspecified atom stereocenters. The second-order valence-corrected chi connectivity index (χ2v) is 9.45. The van der Waals surface area contributed by atoms with E-state index >= 15 is 0 Å². The van der Waals surface area contributed by atoms with Crippen LogP contribution in [0.25, 0.3) is 0 Å². The number of furan rings is 1. The highest BCUT2D eigenvalue weighted by atomic mass is 16.5. The van der Waals surface area contributed by atoms with Crippen molar-refractivity contribution in [2.45, 2.75) is 57.4 Å². The summed E-state index contributed by atoms with van der Waals surface area (Å²) in [4.78, 5) is 41.5. The zero-order valence-corrected chi connectivity index (χ0v) is 17.5. The van der Waals surface area contributed by atoms with Crippen molar-refractivity contribution in [3.63, 3.8) is 0 Å². The van der Waals surface area contributed by atoms with E-state index in [1.165, 1.54) is 0 Å². The van der Waals surface area contributed by atoms with Gasteiger partial charge in [0.1, 0.15) is 17.1 Å². The van der Waals surface area contributed by atoms with Crippen molar-refractivity contribution in [2.75, 3.05) is 6.54 Å². The third kappa shape index (κ3) is 2.57. The van der Waals surface area contributed by atoms with Gasteiger partial charge < -0.3 is 19.4 Å². The van der Waals surface area contributed by atoms with Gasteiger partial charge in [0.2, 0.25) is 11.8 Å². The van der Waals surface area contributed by atoms with Gasteiger partial charge in [0.25, 0.3) is 0 Å². The Labute approximate surface area is 175 Å². The molecule has 1 spiro atoms. The van der Waals surface area contributed by atoms with Crippen LogP contribution in [0.4, 0.5) is 0 Å². The van der Waals surface area contributed by atoms with Crippen molar-refractivity contribution in [3.8, 4) is 0 Å². The second-order valence-electron chi connectivity index (χ2n) is 9.45. The normalized spacial score (nSPS) is 39.0. The highest BCUT2D eigenvalue weighted by molar-refractivity contribution is 5.96. The number of amides is 2. The van der Waals surface area contributed by atoms with E-state index in [1.54, 1.807) is 23.3 Å². The molecule has 1 aromatic heterocycles. The molecule has 1 aromatic rings. The Hall–Kier alpha value is -2.41. The maximum Gasteiger partial charge on any atom is 0.230 e. The average Bonchev–Trinajstić information content (AvgIpc) is 3.46. The third-order valence-electron chi connectivity index (χ3n) is 7.28. The number of ether oxygens (including phenoxy) is 1. The van der Waals surface area contributed by atoms with E-state index in [4.69, 9.17) is 9.15 Å². The van der Waals surface area contributed by atoms with Gasteiger partial charge in [-0.05, 0) is 24.5 Å². The van der Waals surface area contributed by atoms with Gasteiger partial charge in [-0.1, -0.05) is 32.9 Å². The summed E-state index contributed by atoms with van der Waals surface area (Å²) in [6.07, 6.45) is 6.05. The molecule has 0 aromatic carbocycles. The van der Waals surface area contributed by atoms with Crippen LogP contribution in [0.3, 0.4) is 0 Å². The summed E-state index contributed by atoms with van der Waals surface area (Å²) in [6.45, 7) is 6.66. The highest BCUT2D eigenvalue weighted by Crippen LogP contribution is 2.59. The predicted molar refractivity (Wildman–Crippen MR) is 107 cm³/mol. The van der Waals surface area contributed by atoms with Crippen LogP contribution < -0.4 is 5.32 Å². The van der Waals surface area contributed by atoms with Crippen LogP contribution in [-0.2, 0) is 19.1 Å². The number of carbonyl (C=O) groups is 3. The summed E-state index contributed by atoms with van der Waals surface area (Å²) in [6, 6.07) is 2.68. The number of rotatable bonds is 5. The van der Waals surface area contributed by atoms with Crippen LogP contribution in [0.1, 0.15) is 45.4 Å². The maximum absolute atomic E-state index is 13.7. The lowest BCUT2D eigenvalue weighted by molar-refractivity contribution is -0.148. The van der Waals surface area contributed by atoms with Crippen molar-refractivity contribution < 1.29 is 23.5 Å². The van der Waals surface area contributed by atoms with Gasteiger partial charge in [-0.15, -0.1) is 0 Å². The predicted octanol–water partition coefficient (Wildman–Crippen LogP) is 2.24. The minimum absolute atomic E-state index is 0.0887. The first-order chi connectivity index (χ1) is 14.3. The summed E-state index contributed by atoms with van der Waals surface area (Å²) in [5.41, 5.74) is -0.928. The molecule has 30 heavy (non-hydrogen) atoms. The van der Waals surface area contributed by atoms with Crippen molar-refractivity contribution in [2.24, 2.45) is 23.7 Å². The van der Waals surface area contributed by atoms with E-state index in [2.05, 4.69) is 19.2 Å². The Balaban J connectivity index is 1.49. The fourth-order valence-electron chi connectivity index (χ4n) is 5.86. The van der Waals surface area contributed by atoms with Crippen molar-refractivity contribution >= 4 is 17.6 Å². The van der Waals surface area contributed by atoms with E-state index in [1.807, 2.05) is 19.1 Å². The Morgan fingerprint density at radius 2 is 2.17 bits per heavy atom. The van der Waals surface area contributed by atoms with Gasteiger partial charge in [-0.2, -0.15) is 0 Å². The molecule has 5 rings (SSSR count). The van der Waals surface area contributed by atoms with E-state index < -0.39 is 35.6 Å². The zero-order valence-electron chi connectivity index (χ0n) is 17.5. The summed E-state index contributed by atoms with van der Waals surface area (Å²) < 4.78 is 11.9. The molecule has 0 aliphatic carbocycles. The number of ketones is 1. The van der Waals surface area contributed by atoms with Crippen LogP contribution in [0.5, 0.6) is 0 Å². The van der Waals surface area contributed by atoms with E-state index in [0.717, 1.165) is 6.42 Å². The molecule has 2 amide bonds. The zero-order chi connectivity index (χ0) is 21.2. The number of carbonyl (C=O) groups excluding carboxylic acids is 3. The number of hydrogen-bond acceptors (Lipinski definition) is 5. The van der Waals surface area contributed by atoms with Crippen LogP contribution >= 0.6 is 0 Å². The molecule has 7 heteroatoms. The van der Waals surface area contributed by atoms with Gasteiger partial charge in [0, 0.05) is 18.9 Å². The van der Waals surface area contributed by atoms with Gasteiger partial charge in [-0.3, -0.25) is 14.4 Å². The van der Waals surface area contributed by atoms with Crippen molar-refractivity contribution in [3.05, 3.63) is 36.3 Å². The molecule has 160 valence electrons. The summed E-state index contributed by atoms with van der Waals surface area (Å²) in [5, 5.41) is 3.00. The molecule has 1 N–H and O–H groups in total. The Kier molecular flexibility index (Phi) is 4.43. The van der Waals surface area contributed by atoms with E-state index in [-0.39, 0.29) is 29.9 Å².